The van der Waals surface area contributed by atoms with Crippen molar-refractivity contribution in [1.29, 1.82) is 0 Å². The van der Waals surface area contributed by atoms with E-state index < -0.39 is 0 Å². The number of aryl methyl sites for hydroxylation is 1. The van der Waals surface area contributed by atoms with E-state index in [-0.39, 0.29) is 24.0 Å². The molecule has 7 heteroatoms. The molecule has 0 unspecified atom stereocenters. The molecule has 0 amide bonds. The molecule has 0 fully saturated rings. The smallest absolute Gasteiger partial charge is 0.191 e. The number of aliphatic imine (C=N–C) groups is 1. The summed E-state index contributed by atoms with van der Waals surface area (Å²) in [5.41, 5.74) is 0. The van der Waals surface area contributed by atoms with E-state index in [4.69, 9.17) is 4.42 Å². The highest BCUT2D eigenvalue weighted by Gasteiger charge is 2.04. The van der Waals surface area contributed by atoms with Gasteiger partial charge in [0.1, 0.15) is 5.76 Å². The van der Waals surface area contributed by atoms with Gasteiger partial charge in [0.15, 0.2) is 5.96 Å². The lowest BCUT2D eigenvalue weighted by molar-refractivity contribution is 0.506. The standard InChI is InChI=1S/C18H28N4OS.HI/c1-4-16-13-21-17(24-16)8-10-20-18(22-12-14(2)3)19-9-7-15-6-5-11-23-15;/h5-6,11,13-14H,4,7-10,12H2,1-3H3,(H2,19,20,22);1H. The van der Waals surface area contributed by atoms with E-state index in [1.165, 1.54) is 9.88 Å². The molecule has 0 aliphatic rings. The number of guanidine groups is 1. The Bertz CT molecular complexity index is 610. The molecule has 2 heterocycles. The van der Waals surface area contributed by atoms with Crippen LogP contribution >= 0.6 is 35.3 Å². The predicted octanol–water partition coefficient (Wildman–Crippen LogP) is 3.89. The molecule has 2 aromatic rings. The van der Waals surface area contributed by atoms with E-state index >= 15 is 0 Å². The van der Waals surface area contributed by atoms with Crippen molar-refractivity contribution in [2.45, 2.75) is 40.0 Å². The second-order valence-electron chi connectivity index (χ2n) is 6.09. The summed E-state index contributed by atoms with van der Waals surface area (Å²) >= 11 is 1.80. The number of rotatable bonds is 9. The van der Waals surface area contributed by atoms with Gasteiger partial charge in [-0.1, -0.05) is 20.8 Å². The highest BCUT2D eigenvalue weighted by molar-refractivity contribution is 14.0. The van der Waals surface area contributed by atoms with E-state index in [2.05, 4.69) is 41.4 Å². The molecule has 0 bridgehead atoms. The quantitative estimate of drug-likeness (QED) is 0.328. The average Bonchev–Trinajstić information content (AvgIpc) is 3.23. The molecule has 0 spiro atoms. The molecular weight excluding hydrogens is 447 g/mol. The molecule has 2 aromatic heterocycles. The van der Waals surface area contributed by atoms with Crippen LogP contribution in [0, 0.1) is 5.92 Å². The van der Waals surface area contributed by atoms with Gasteiger partial charge in [-0.25, -0.2) is 4.98 Å². The zero-order valence-electron chi connectivity index (χ0n) is 15.2. The molecule has 0 aliphatic heterocycles. The number of hydrogen-bond acceptors (Lipinski definition) is 4. The fourth-order valence-electron chi connectivity index (χ4n) is 2.12. The molecular formula is C18H29IN4OS. The first-order chi connectivity index (χ1) is 11.7. The minimum Gasteiger partial charge on any atom is -0.469 e. The van der Waals surface area contributed by atoms with Crippen molar-refractivity contribution in [3.8, 4) is 0 Å². The monoisotopic (exact) mass is 476 g/mol. The highest BCUT2D eigenvalue weighted by Crippen LogP contribution is 2.13. The third-order valence-corrected chi connectivity index (χ3v) is 4.64. The molecule has 2 rings (SSSR count). The molecule has 0 atom stereocenters. The Morgan fingerprint density at radius 1 is 1.28 bits per heavy atom. The van der Waals surface area contributed by atoms with Crippen LogP contribution in [0.1, 0.15) is 36.4 Å². The normalized spacial score (nSPS) is 11.4. The third kappa shape index (κ3) is 8.71. The van der Waals surface area contributed by atoms with Gasteiger partial charge in [0.2, 0.25) is 0 Å². The van der Waals surface area contributed by atoms with Crippen molar-refractivity contribution in [2.24, 2.45) is 10.9 Å². The van der Waals surface area contributed by atoms with Gasteiger partial charge in [-0.2, -0.15) is 0 Å². The van der Waals surface area contributed by atoms with Crippen LogP contribution in [0.25, 0.3) is 0 Å². The first-order valence-corrected chi connectivity index (χ1v) is 9.47. The van der Waals surface area contributed by atoms with Crippen LogP contribution in [-0.4, -0.2) is 30.6 Å². The van der Waals surface area contributed by atoms with Gasteiger partial charge in [0, 0.05) is 43.5 Å². The van der Waals surface area contributed by atoms with Crippen molar-refractivity contribution in [1.82, 2.24) is 15.6 Å². The van der Waals surface area contributed by atoms with Crippen LogP contribution in [-0.2, 0) is 19.3 Å². The van der Waals surface area contributed by atoms with E-state index in [1.54, 1.807) is 17.6 Å². The molecule has 0 aliphatic carbocycles. The van der Waals surface area contributed by atoms with Crippen molar-refractivity contribution in [3.63, 3.8) is 0 Å². The minimum absolute atomic E-state index is 0. The molecule has 0 aromatic carbocycles. The summed E-state index contributed by atoms with van der Waals surface area (Å²) < 4.78 is 5.36. The van der Waals surface area contributed by atoms with E-state index in [0.717, 1.165) is 50.6 Å². The fraction of sp³-hybridized carbons (Fsp3) is 0.556. The van der Waals surface area contributed by atoms with Crippen molar-refractivity contribution in [3.05, 3.63) is 40.2 Å². The van der Waals surface area contributed by atoms with Gasteiger partial charge >= 0.3 is 0 Å². The summed E-state index contributed by atoms with van der Waals surface area (Å²) in [6, 6.07) is 3.91. The zero-order chi connectivity index (χ0) is 17.2. The maximum absolute atomic E-state index is 5.36. The molecule has 25 heavy (non-hydrogen) atoms. The summed E-state index contributed by atoms with van der Waals surface area (Å²) in [6.45, 7) is 8.95. The molecule has 0 radical (unpaired) electrons. The molecule has 0 saturated heterocycles. The minimum atomic E-state index is 0. The molecule has 2 N–H and O–H groups in total. The van der Waals surface area contributed by atoms with Crippen LogP contribution in [0.5, 0.6) is 0 Å². The largest absolute Gasteiger partial charge is 0.469 e. The van der Waals surface area contributed by atoms with Gasteiger partial charge in [-0.05, 0) is 24.5 Å². The van der Waals surface area contributed by atoms with Gasteiger partial charge in [0.25, 0.3) is 0 Å². The van der Waals surface area contributed by atoms with Gasteiger partial charge in [-0.15, -0.1) is 35.3 Å². The van der Waals surface area contributed by atoms with Gasteiger partial charge in [0.05, 0.1) is 11.3 Å². The van der Waals surface area contributed by atoms with Crippen LogP contribution < -0.4 is 10.6 Å². The summed E-state index contributed by atoms with van der Waals surface area (Å²) in [5, 5.41) is 7.96. The number of nitrogens with zero attached hydrogens (tertiary/aromatic N) is 2. The maximum atomic E-state index is 5.36. The topological polar surface area (TPSA) is 62.5 Å². The second kappa shape index (κ2) is 12.3. The van der Waals surface area contributed by atoms with E-state index in [9.17, 15) is 0 Å². The number of halogens is 1. The van der Waals surface area contributed by atoms with Gasteiger partial charge in [-0.3, -0.25) is 4.99 Å². The van der Waals surface area contributed by atoms with Crippen molar-refractivity contribution in [2.75, 3.05) is 19.6 Å². The zero-order valence-corrected chi connectivity index (χ0v) is 18.4. The predicted molar refractivity (Wildman–Crippen MR) is 116 cm³/mol. The lowest BCUT2D eigenvalue weighted by Crippen LogP contribution is -2.39. The number of hydrogen-bond donors (Lipinski definition) is 2. The Kier molecular flexibility index (Phi) is 10.8. The van der Waals surface area contributed by atoms with Crippen molar-refractivity contribution < 1.29 is 4.42 Å². The summed E-state index contributed by atoms with van der Waals surface area (Å²) in [4.78, 5) is 10.4. The number of thiazole rings is 1. The average molecular weight is 476 g/mol. The van der Waals surface area contributed by atoms with Gasteiger partial charge < -0.3 is 15.1 Å². The van der Waals surface area contributed by atoms with Crippen LogP contribution in [0.15, 0.2) is 34.0 Å². The third-order valence-electron chi connectivity index (χ3n) is 3.44. The van der Waals surface area contributed by atoms with Crippen LogP contribution in [0.2, 0.25) is 0 Å². The lowest BCUT2D eigenvalue weighted by Gasteiger charge is -2.12. The maximum Gasteiger partial charge on any atom is 0.191 e. The Balaban J connectivity index is 0.00000312. The lowest BCUT2D eigenvalue weighted by atomic mass is 10.2. The van der Waals surface area contributed by atoms with E-state index in [0.29, 0.717) is 5.92 Å². The fourth-order valence-corrected chi connectivity index (χ4v) is 2.98. The second-order valence-corrected chi connectivity index (χ2v) is 7.29. The summed E-state index contributed by atoms with van der Waals surface area (Å²) in [7, 11) is 0. The van der Waals surface area contributed by atoms with Crippen LogP contribution in [0.3, 0.4) is 0 Å². The summed E-state index contributed by atoms with van der Waals surface area (Å²) in [5.74, 6) is 2.39. The first kappa shape index (κ1) is 22.0. The number of aromatic nitrogens is 1. The molecule has 5 nitrogen and oxygen atoms in total. The number of furan rings is 1. The van der Waals surface area contributed by atoms with E-state index in [1.807, 2.05) is 18.3 Å². The summed E-state index contributed by atoms with van der Waals surface area (Å²) in [6.07, 6.45) is 6.52. The van der Waals surface area contributed by atoms with Crippen molar-refractivity contribution >= 4 is 41.3 Å². The molecule has 140 valence electrons. The SMILES string of the molecule is CCc1cnc(CCNC(=NCC(C)C)NCCc2ccco2)s1.I. The Labute approximate surface area is 171 Å². The Morgan fingerprint density at radius 3 is 2.64 bits per heavy atom. The highest BCUT2D eigenvalue weighted by atomic mass is 127. The number of nitrogens with one attached hydrogen (secondary N) is 2. The Morgan fingerprint density at radius 2 is 2.04 bits per heavy atom. The Hall–Kier alpha value is -1.09. The first-order valence-electron chi connectivity index (χ1n) is 8.65. The van der Waals surface area contributed by atoms with Crippen LogP contribution in [0.4, 0.5) is 0 Å². The molecule has 0 saturated carbocycles.